The Bertz CT molecular complexity index is 471. The number of benzene rings is 1. The minimum absolute atomic E-state index is 0.152. The Balaban J connectivity index is 1.98. The first kappa shape index (κ1) is 11.7. The Morgan fingerprint density at radius 1 is 1.06 bits per heavy atom. The van der Waals surface area contributed by atoms with E-state index in [2.05, 4.69) is 4.98 Å². The van der Waals surface area contributed by atoms with E-state index >= 15 is 0 Å². The van der Waals surface area contributed by atoms with Gasteiger partial charge in [0, 0.05) is 24.8 Å². The molecule has 1 aromatic carbocycles. The van der Waals surface area contributed by atoms with Crippen molar-refractivity contribution in [1.29, 1.82) is 0 Å². The van der Waals surface area contributed by atoms with Crippen molar-refractivity contribution in [3.63, 3.8) is 0 Å². The van der Waals surface area contributed by atoms with Gasteiger partial charge in [-0.1, -0.05) is 24.3 Å². The molecule has 0 aliphatic carbocycles. The lowest BCUT2D eigenvalue weighted by Crippen LogP contribution is -2.18. The van der Waals surface area contributed by atoms with Crippen LogP contribution in [0, 0.1) is 5.82 Å². The molecule has 0 unspecified atom stereocenters. The van der Waals surface area contributed by atoms with Crippen LogP contribution in [0.4, 0.5) is 4.39 Å². The van der Waals surface area contributed by atoms with Crippen molar-refractivity contribution in [1.82, 2.24) is 9.88 Å². The van der Waals surface area contributed by atoms with Gasteiger partial charge in [0.05, 0.1) is 5.69 Å². The average Bonchev–Trinajstić information content (AvgIpc) is 2.33. The second kappa shape index (κ2) is 5.55. The zero-order valence-corrected chi connectivity index (χ0v) is 9.81. The van der Waals surface area contributed by atoms with Crippen LogP contribution in [0.1, 0.15) is 11.3 Å². The predicted molar refractivity (Wildman–Crippen MR) is 65.8 cm³/mol. The molecule has 0 saturated heterocycles. The highest BCUT2D eigenvalue weighted by molar-refractivity contribution is 5.17. The molecule has 0 saturated carbocycles. The molecule has 1 heterocycles. The molecule has 0 aliphatic rings. The number of pyridine rings is 1. The summed E-state index contributed by atoms with van der Waals surface area (Å²) in [6.45, 7) is 1.30. The summed E-state index contributed by atoms with van der Waals surface area (Å²) >= 11 is 0. The van der Waals surface area contributed by atoms with E-state index in [-0.39, 0.29) is 5.82 Å². The van der Waals surface area contributed by atoms with Crippen molar-refractivity contribution in [3.8, 4) is 0 Å². The van der Waals surface area contributed by atoms with E-state index in [0.717, 1.165) is 12.2 Å². The van der Waals surface area contributed by atoms with Gasteiger partial charge in [-0.2, -0.15) is 0 Å². The summed E-state index contributed by atoms with van der Waals surface area (Å²) in [5.41, 5.74) is 1.71. The Morgan fingerprint density at radius 2 is 1.82 bits per heavy atom. The third kappa shape index (κ3) is 3.36. The lowest BCUT2D eigenvalue weighted by atomic mass is 10.2. The fourth-order valence-corrected chi connectivity index (χ4v) is 1.74. The van der Waals surface area contributed by atoms with Crippen LogP contribution in [0.2, 0.25) is 0 Å². The van der Waals surface area contributed by atoms with E-state index in [1.165, 1.54) is 6.07 Å². The summed E-state index contributed by atoms with van der Waals surface area (Å²) in [6.07, 6.45) is 1.77. The molecular formula is C14H15FN2. The minimum Gasteiger partial charge on any atom is -0.296 e. The summed E-state index contributed by atoms with van der Waals surface area (Å²) in [7, 11) is 1.96. The van der Waals surface area contributed by atoms with Crippen LogP contribution >= 0.6 is 0 Å². The first-order valence-corrected chi connectivity index (χ1v) is 5.57. The third-order valence-electron chi connectivity index (χ3n) is 2.56. The normalized spacial score (nSPS) is 10.8. The molecule has 0 N–H and O–H groups in total. The van der Waals surface area contributed by atoms with Crippen LogP contribution in [-0.2, 0) is 13.1 Å². The largest absolute Gasteiger partial charge is 0.296 e. The molecule has 0 aliphatic heterocycles. The monoisotopic (exact) mass is 230 g/mol. The quantitative estimate of drug-likeness (QED) is 0.803. The molecule has 0 spiro atoms. The molecule has 2 aromatic rings. The van der Waals surface area contributed by atoms with Crippen LogP contribution in [0.3, 0.4) is 0 Å². The zero-order valence-electron chi connectivity index (χ0n) is 9.81. The van der Waals surface area contributed by atoms with E-state index in [0.29, 0.717) is 12.1 Å². The number of aromatic nitrogens is 1. The molecule has 3 heteroatoms. The average molecular weight is 230 g/mol. The van der Waals surface area contributed by atoms with E-state index in [9.17, 15) is 4.39 Å². The topological polar surface area (TPSA) is 16.1 Å². The smallest absolute Gasteiger partial charge is 0.127 e. The van der Waals surface area contributed by atoms with E-state index in [1.807, 2.05) is 42.3 Å². The highest BCUT2D eigenvalue weighted by atomic mass is 19.1. The van der Waals surface area contributed by atoms with Gasteiger partial charge < -0.3 is 0 Å². The second-order valence-electron chi connectivity index (χ2n) is 4.08. The van der Waals surface area contributed by atoms with Gasteiger partial charge in [0.2, 0.25) is 0 Å². The molecule has 0 atom stereocenters. The van der Waals surface area contributed by atoms with Gasteiger partial charge in [-0.05, 0) is 25.2 Å². The van der Waals surface area contributed by atoms with Gasteiger partial charge in [-0.25, -0.2) is 4.39 Å². The summed E-state index contributed by atoms with van der Waals surface area (Å²) in [5.74, 6) is -0.152. The van der Waals surface area contributed by atoms with Crippen LogP contribution in [0.5, 0.6) is 0 Å². The van der Waals surface area contributed by atoms with E-state index in [1.54, 1.807) is 12.3 Å². The molecule has 0 amide bonds. The summed E-state index contributed by atoms with van der Waals surface area (Å²) in [6, 6.07) is 12.7. The number of rotatable bonds is 4. The summed E-state index contributed by atoms with van der Waals surface area (Å²) in [5, 5.41) is 0. The third-order valence-corrected chi connectivity index (χ3v) is 2.56. The maximum absolute atomic E-state index is 13.4. The molecule has 2 nitrogen and oxygen atoms in total. The molecule has 88 valence electrons. The predicted octanol–water partition coefficient (Wildman–Crippen LogP) is 2.85. The molecule has 0 radical (unpaired) electrons. The van der Waals surface area contributed by atoms with Crippen LogP contribution in [-0.4, -0.2) is 16.9 Å². The maximum Gasteiger partial charge on any atom is 0.127 e. The van der Waals surface area contributed by atoms with E-state index in [4.69, 9.17) is 0 Å². The Hall–Kier alpha value is -1.74. The first-order valence-electron chi connectivity index (χ1n) is 5.57. The minimum atomic E-state index is -0.152. The van der Waals surface area contributed by atoms with Crippen molar-refractivity contribution in [2.24, 2.45) is 0 Å². The van der Waals surface area contributed by atoms with Crippen LogP contribution in [0.25, 0.3) is 0 Å². The SMILES string of the molecule is CN(Cc1ccccn1)Cc1ccccc1F. The molecule has 0 fully saturated rings. The fraction of sp³-hybridized carbons (Fsp3) is 0.214. The van der Waals surface area contributed by atoms with Gasteiger partial charge in [0.25, 0.3) is 0 Å². The van der Waals surface area contributed by atoms with Gasteiger partial charge in [0.15, 0.2) is 0 Å². The second-order valence-corrected chi connectivity index (χ2v) is 4.08. The van der Waals surface area contributed by atoms with Crippen LogP contribution in [0.15, 0.2) is 48.7 Å². The highest BCUT2D eigenvalue weighted by Crippen LogP contribution is 2.10. The molecule has 1 aromatic heterocycles. The standard InChI is InChI=1S/C14H15FN2/c1-17(11-13-7-4-5-9-16-13)10-12-6-2-3-8-14(12)15/h2-9H,10-11H2,1H3. The Kier molecular flexibility index (Phi) is 3.83. The number of hydrogen-bond donors (Lipinski definition) is 0. The molecule has 0 bridgehead atoms. The van der Waals surface area contributed by atoms with Crippen molar-refractivity contribution in [2.45, 2.75) is 13.1 Å². The number of hydrogen-bond acceptors (Lipinski definition) is 2. The number of nitrogens with zero attached hydrogens (tertiary/aromatic N) is 2. The summed E-state index contributed by atoms with van der Waals surface area (Å²) in [4.78, 5) is 6.29. The molecule has 2 rings (SSSR count). The summed E-state index contributed by atoms with van der Waals surface area (Å²) < 4.78 is 13.4. The first-order chi connectivity index (χ1) is 8.25. The molecular weight excluding hydrogens is 215 g/mol. The lowest BCUT2D eigenvalue weighted by molar-refractivity contribution is 0.310. The van der Waals surface area contributed by atoms with Crippen molar-refractivity contribution < 1.29 is 4.39 Å². The van der Waals surface area contributed by atoms with Crippen molar-refractivity contribution in [2.75, 3.05) is 7.05 Å². The van der Waals surface area contributed by atoms with Gasteiger partial charge in [0.1, 0.15) is 5.82 Å². The van der Waals surface area contributed by atoms with Crippen molar-refractivity contribution in [3.05, 3.63) is 65.7 Å². The lowest BCUT2D eigenvalue weighted by Gasteiger charge is -2.16. The maximum atomic E-state index is 13.4. The molecule has 17 heavy (non-hydrogen) atoms. The zero-order chi connectivity index (χ0) is 12.1. The van der Waals surface area contributed by atoms with Gasteiger partial charge in [-0.3, -0.25) is 9.88 Å². The van der Waals surface area contributed by atoms with E-state index < -0.39 is 0 Å². The van der Waals surface area contributed by atoms with Gasteiger partial charge >= 0.3 is 0 Å². The van der Waals surface area contributed by atoms with Crippen LogP contribution < -0.4 is 0 Å². The highest BCUT2D eigenvalue weighted by Gasteiger charge is 2.05. The van der Waals surface area contributed by atoms with Gasteiger partial charge in [-0.15, -0.1) is 0 Å². The fourth-order valence-electron chi connectivity index (χ4n) is 1.74. The Labute approximate surface area is 101 Å². The van der Waals surface area contributed by atoms with Crippen molar-refractivity contribution >= 4 is 0 Å². The number of halogens is 1. The Morgan fingerprint density at radius 3 is 2.53 bits per heavy atom.